The molecule has 0 spiro atoms. The summed E-state index contributed by atoms with van der Waals surface area (Å²) in [6, 6.07) is 12.4. The topological polar surface area (TPSA) is 83.6 Å². The van der Waals surface area contributed by atoms with Gasteiger partial charge in [-0.2, -0.15) is 0 Å². The van der Waals surface area contributed by atoms with Crippen LogP contribution in [0.15, 0.2) is 53.4 Å². The van der Waals surface area contributed by atoms with Gasteiger partial charge in [-0.15, -0.1) is 5.10 Å². The van der Waals surface area contributed by atoms with E-state index in [1.54, 1.807) is 39.6 Å². The zero-order valence-electron chi connectivity index (χ0n) is 18.4. The molecule has 0 bridgehead atoms. The number of benzene rings is 2. The van der Waals surface area contributed by atoms with Gasteiger partial charge in [0.1, 0.15) is 5.82 Å². The molecule has 2 aromatic carbocycles. The highest BCUT2D eigenvalue weighted by atomic mass is 32.2. The van der Waals surface area contributed by atoms with Gasteiger partial charge in [-0.3, -0.25) is 9.47 Å². The summed E-state index contributed by atoms with van der Waals surface area (Å²) in [5.74, 6) is 0.0700. The van der Waals surface area contributed by atoms with E-state index in [0.717, 1.165) is 23.7 Å². The Hall–Kier alpha value is -2.44. The fraction of sp³-hybridized carbons (Fsp3) is 0.364. The van der Waals surface area contributed by atoms with E-state index in [2.05, 4.69) is 4.90 Å². The largest absolute Gasteiger partial charge is 0.392 e. The molecule has 2 heterocycles. The van der Waals surface area contributed by atoms with Gasteiger partial charge in [-0.25, -0.2) is 21.8 Å². The van der Waals surface area contributed by atoms with Crippen molar-refractivity contribution >= 4 is 22.2 Å². The zero-order valence-corrected chi connectivity index (χ0v) is 20.1. The van der Waals surface area contributed by atoms with Crippen LogP contribution in [0.2, 0.25) is 0 Å². The molecule has 0 saturated carbocycles. The van der Waals surface area contributed by atoms with Gasteiger partial charge >= 0.3 is 0 Å². The van der Waals surface area contributed by atoms with E-state index in [-0.39, 0.29) is 16.8 Å². The summed E-state index contributed by atoms with van der Waals surface area (Å²) in [5.41, 5.74) is 1.17. The van der Waals surface area contributed by atoms with Crippen LogP contribution in [-0.4, -0.2) is 70.4 Å². The molecular formula is C22H26FN5O3S2. The van der Waals surface area contributed by atoms with E-state index in [9.17, 15) is 17.9 Å². The molecule has 1 fully saturated rings. The highest BCUT2D eigenvalue weighted by molar-refractivity contribution is 7.89. The number of hydrogen-bond donors (Lipinski definition) is 1. The number of piperidine rings is 1. The first-order valence-electron chi connectivity index (χ1n) is 10.6. The Kier molecular flexibility index (Phi) is 6.78. The van der Waals surface area contributed by atoms with E-state index in [1.165, 1.54) is 32.3 Å². The van der Waals surface area contributed by atoms with Crippen molar-refractivity contribution < 1.29 is 17.9 Å². The minimum absolute atomic E-state index is 0.135. The SMILES string of the molecule is CN(C)S(=O)(=O)c1cccc(-c2nn(CN3CCC[C@H](O)C3)c(=S)n2-c2ccc(F)cc2)c1. The second-order valence-electron chi connectivity index (χ2n) is 8.25. The second-order valence-corrected chi connectivity index (χ2v) is 10.8. The molecule has 1 saturated heterocycles. The third-order valence-electron chi connectivity index (χ3n) is 5.61. The van der Waals surface area contributed by atoms with Gasteiger partial charge < -0.3 is 5.11 Å². The van der Waals surface area contributed by atoms with Crippen molar-refractivity contribution in [3.8, 4) is 17.1 Å². The van der Waals surface area contributed by atoms with Gasteiger partial charge in [0.05, 0.1) is 23.4 Å². The highest BCUT2D eigenvalue weighted by Gasteiger charge is 2.23. The minimum Gasteiger partial charge on any atom is -0.392 e. The monoisotopic (exact) mass is 491 g/mol. The number of β-amino-alcohol motifs (C(OH)–C–C–N with tert-alkyl or cyclic N) is 1. The standard InChI is InChI=1S/C22H26FN5O3S2/c1-25(2)33(30,31)20-7-3-5-16(13-20)21-24-27(15-26-12-4-6-19(29)14-26)22(32)28(21)18-10-8-17(23)9-11-18/h3,5,7-11,13,19,29H,4,6,12,14-15H2,1-2H3/t19-/m0/s1. The van der Waals surface area contributed by atoms with Crippen LogP contribution in [0.4, 0.5) is 4.39 Å². The third kappa shape index (κ3) is 4.92. The molecule has 0 radical (unpaired) electrons. The van der Waals surface area contributed by atoms with Crippen LogP contribution in [0.25, 0.3) is 17.1 Å². The van der Waals surface area contributed by atoms with Gasteiger partial charge in [0.25, 0.3) is 0 Å². The smallest absolute Gasteiger partial charge is 0.242 e. The highest BCUT2D eigenvalue weighted by Crippen LogP contribution is 2.26. The molecule has 1 aliphatic rings. The molecule has 0 unspecified atom stereocenters. The summed E-state index contributed by atoms with van der Waals surface area (Å²) in [7, 11) is -0.693. The predicted molar refractivity (Wildman–Crippen MR) is 125 cm³/mol. The van der Waals surface area contributed by atoms with Crippen molar-refractivity contribution in [2.45, 2.75) is 30.5 Å². The van der Waals surface area contributed by atoms with Crippen molar-refractivity contribution in [1.29, 1.82) is 0 Å². The molecule has 1 atom stereocenters. The Bertz CT molecular complexity index is 1300. The number of hydrogen-bond acceptors (Lipinski definition) is 6. The number of rotatable bonds is 6. The minimum atomic E-state index is -3.64. The van der Waals surface area contributed by atoms with Crippen LogP contribution < -0.4 is 0 Å². The molecule has 176 valence electrons. The normalized spacial score (nSPS) is 17.5. The van der Waals surface area contributed by atoms with Crippen LogP contribution in [0.3, 0.4) is 0 Å². The molecule has 0 aliphatic carbocycles. The Morgan fingerprint density at radius 3 is 2.61 bits per heavy atom. The molecule has 1 N–H and O–H groups in total. The lowest BCUT2D eigenvalue weighted by atomic mass is 10.1. The molecule has 11 heteroatoms. The van der Waals surface area contributed by atoms with Crippen molar-refractivity contribution in [2.24, 2.45) is 0 Å². The predicted octanol–water partition coefficient (Wildman–Crippen LogP) is 2.87. The number of aliphatic hydroxyl groups excluding tert-OH is 1. The molecule has 3 aromatic rings. The first-order chi connectivity index (χ1) is 15.7. The Labute approximate surface area is 197 Å². The molecule has 8 nitrogen and oxygen atoms in total. The molecule has 33 heavy (non-hydrogen) atoms. The van der Waals surface area contributed by atoms with Gasteiger partial charge in [-0.05, 0) is 61.5 Å². The molecule has 1 aromatic heterocycles. The summed E-state index contributed by atoms with van der Waals surface area (Å²) >= 11 is 5.73. The molecular weight excluding hydrogens is 465 g/mol. The quantitative estimate of drug-likeness (QED) is 0.534. The molecule has 1 aliphatic heterocycles. The lowest BCUT2D eigenvalue weighted by Crippen LogP contribution is -2.39. The first kappa shape index (κ1) is 23.7. The van der Waals surface area contributed by atoms with E-state index < -0.39 is 10.0 Å². The third-order valence-corrected chi connectivity index (χ3v) is 7.81. The summed E-state index contributed by atoms with van der Waals surface area (Å²) in [4.78, 5) is 2.21. The van der Waals surface area contributed by atoms with Crippen molar-refractivity contribution in [3.63, 3.8) is 0 Å². The van der Waals surface area contributed by atoms with Gasteiger partial charge in [-0.1, -0.05) is 12.1 Å². The number of sulfonamides is 1. The summed E-state index contributed by atoms with van der Waals surface area (Å²) < 4.78 is 43.8. The summed E-state index contributed by atoms with van der Waals surface area (Å²) in [6.45, 7) is 1.72. The van der Waals surface area contributed by atoms with E-state index in [4.69, 9.17) is 17.3 Å². The average Bonchev–Trinajstić information content (AvgIpc) is 3.10. The van der Waals surface area contributed by atoms with Crippen molar-refractivity contribution in [3.05, 3.63) is 59.1 Å². The maximum absolute atomic E-state index is 13.6. The average molecular weight is 492 g/mol. The molecule has 4 rings (SSSR count). The molecule has 0 amide bonds. The zero-order chi connectivity index (χ0) is 23.8. The summed E-state index contributed by atoms with van der Waals surface area (Å²) in [5, 5.41) is 14.7. The number of aromatic nitrogens is 3. The Morgan fingerprint density at radius 1 is 1.21 bits per heavy atom. The van der Waals surface area contributed by atoms with E-state index in [1.807, 2.05) is 0 Å². The number of nitrogens with zero attached hydrogens (tertiary/aromatic N) is 5. The number of halogens is 1. The van der Waals surface area contributed by atoms with E-state index >= 15 is 0 Å². The van der Waals surface area contributed by atoms with Crippen LogP contribution in [0, 0.1) is 10.6 Å². The summed E-state index contributed by atoms with van der Waals surface area (Å²) in [6.07, 6.45) is 1.26. The first-order valence-corrected chi connectivity index (χ1v) is 12.4. The number of likely N-dealkylation sites (tertiary alicyclic amines) is 1. The fourth-order valence-electron chi connectivity index (χ4n) is 3.87. The maximum Gasteiger partial charge on any atom is 0.242 e. The lowest BCUT2D eigenvalue weighted by molar-refractivity contribution is 0.0513. The Morgan fingerprint density at radius 2 is 1.94 bits per heavy atom. The maximum atomic E-state index is 13.6. The second kappa shape index (κ2) is 9.43. The van der Waals surface area contributed by atoms with Crippen LogP contribution in [-0.2, 0) is 16.7 Å². The van der Waals surface area contributed by atoms with Gasteiger partial charge in [0.2, 0.25) is 14.8 Å². The van der Waals surface area contributed by atoms with Crippen LogP contribution in [0.1, 0.15) is 12.8 Å². The number of aliphatic hydroxyl groups is 1. The lowest BCUT2D eigenvalue weighted by Gasteiger charge is -2.29. The Balaban J connectivity index is 1.83. The van der Waals surface area contributed by atoms with Crippen LogP contribution >= 0.6 is 12.2 Å². The van der Waals surface area contributed by atoms with Gasteiger partial charge in [0, 0.05) is 32.7 Å². The van der Waals surface area contributed by atoms with Crippen LogP contribution in [0.5, 0.6) is 0 Å². The fourth-order valence-corrected chi connectivity index (χ4v) is 5.10. The van der Waals surface area contributed by atoms with Gasteiger partial charge in [0.15, 0.2) is 5.82 Å². The van der Waals surface area contributed by atoms with Crippen molar-refractivity contribution in [2.75, 3.05) is 27.2 Å². The van der Waals surface area contributed by atoms with E-state index in [0.29, 0.717) is 35.1 Å². The van der Waals surface area contributed by atoms with Crippen molar-refractivity contribution in [1.82, 2.24) is 23.6 Å².